The van der Waals surface area contributed by atoms with E-state index in [0.29, 0.717) is 13.0 Å². The highest BCUT2D eigenvalue weighted by molar-refractivity contribution is 6.10. The number of Topliss-reactive ketones (excluding diaryl/α,β-unsaturated/α-hetero) is 1. The van der Waals surface area contributed by atoms with Crippen LogP contribution in [0, 0.1) is 5.41 Å². The molecule has 0 saturated carbocycles. The van der Waals surface area contributed by atoms with Gasteiger partial charge in [0.05, 0.1) is 0 Å². The van der Waals surface area contributed by atoms with Crippen molar-refractivity contribution in [3.8, 4) is 0 Å². The van der Waals surface area contributed by atoms with Crippen molar-refractivity contribution in [3.63, 3.8) is 0 Å². The van der Waals surface area contributed by atoms with E-state index in [2.05, 4.69) is 4.98 Å². The van der Waals surface area contributed by atoms with Crippen LogP contribution >= 0.6 is 0 Å². The maximum Gasteiger partial charge on any atom is 0.170 e. The van der Waals surface area contributed by atoms with Crippen molar-refractivity contribution in [1.82, 2.24) is 4.98 Å². The van der Waals surface area contributed by atoms with E-state index in [0.717, 1.165) is 16.5 Å². The van der Waals surface area contributed by atoms with E-state index >= 15 is 0 Å². The van der Waals surface area contributed by atoms with Gasteiger partial charge < -0.3 is 10.7 Å². The van der Waals surface area contributed by atoms with Gasteiger partial charge in [-0.05, 0) is 19.0 Å². The van der Waals surface area contributed by atoms with Gasteiger partial charge in [-0.1, -0.05) is 32.0 Å². The van der Waals surface area contributed by atoms with Crippen LogP contribution in [-0.4, -0.2) is 17.3 Å². The van der Waals surface area contributed by atoms with Crippen LogP contribution in [0.1, 0.15) is 30.6 Å². The van der Waals surface area contributed by atoms with Crippen molar-refractivity contribution in [3.05, 3.63) is 36.0 Å². The Labute approximate surface area is 101 Å². The number of fused-ring (bicyclic) bond motifs is 1. The lowest BCUT2D eigenvalue weighted by Crippen LogP contribution is -2.27. The Bertz CT molecular complexity index is 540. The van der Waals surface area contributed by atoms with Crippen LogP contribution in [0.4, 0.5) is 0 Å². The molecule has 1 aromatic heterocycles. The molecule has 0 radical (unpaired) electrons. The number of hydrogen-bond donors (Lipinski definition) is 2. The summed E-state index contributed by atoms with van der Waals surface area (Å²) >= 11 is 0. The van der Waals surface area contributed by atoms with E-state index in [1.165, 1.54) is 0 Å². The second-order valence-electron chi connectivity index (χ2n) is 5.00. The van der Waals surface area contributed by atoms with Gasteiger partial charge in [0.25, 0.3) is 0 Å². The van der Waals surface area contributed by atoms with E-state index in [-0.39, 0.29) is 5.78 Å². The molecule has 2 rings (SSSR count). The van der Waals surface area contributed by atoms with Crippen LogP contribution < -0.4 is 5.73 Å². The largest absolute Gasteiger partial charge is 0.360 e. The van der Waals surface area contributed by atoms with Crippen LogP contribution in [0.5, 0.6) is 0 Å². The zero-order chi connectivity index (χ0) is 12.5. The predicted molar refractivity (Wildman–Crippen MR) is 70.1 cm³/mol. The summed E-state index contributed by atoms with van der Waals surface area (Å²) in [6, 6.07) is 7.85. The second kappa shape index (κ2) is 4.34. The molecule has 3 heteroatoms. The molecule has 3 N–H and O–H groups in total. The first-order chi connectivity index (χ1) is 8.06. The molecular weight excluding hydrogens is 212 g/mol. The summed E-state index contributed by atoms with van der Waals surface area (Å²) in [5, 5.41) is 0.989. The summed E-state index contributed by atoms with van der Waals surface area (Å²) < 4.78 is 0. The van der Waals surface area contributed by atoms with Crippen molar-refractivity contribution in [2.24, 2.45) is 11.1 Å². The minimum Gasteiger partial charge on any atom is -0.360 e. The van der Waals surface area contributed by atoms with E-state index in [1.807, 2.05) is 38.1 Å². The zero-order valence-corrected chi connectivity index (χ0v) is 10.3. The summed E-state index contributed by atoms with van der Waals surface area (Å²) in [7, 11) is 0. The number of carbonyl (C=O) groups is 1. The molecule has 0 saturated heterocycles. The lowest BCUT2D eigenvalue weighted by Gasteiger charge is -2.21. The Balaban J connectivity index is 2.43. The number of carbonyl (C=O) groups excluding carboxylic acids is 1. The molecule has 2 aromatic rings. The quantitative estimate of drug-likeness (QED) is 0.793. The first-order valence-corrected chi connectivity index (χ1v) is 5.87. The summed E-state index contributed by atoms with van der Waals surface area (Å²) in [5.74, 6) is 0.153. The van der Waals surface area contributed by atoms with Gasteiger partial charge >= 0.3 is 0 Å². The molecule has 0 unspecified atom stereocenters. The van der Waals surface area contributed by atoms with Gasteiger partial charge in [0.1, 0.15) is 0 Å². The average Bonchev–Trinajstić information content (AvgIpc) is 2.71. The topological polar surface area (TPSA) is 58.9 Å². The van der Waals surface area contributed by atoms with Gasteiger partial charge in [-0.25, -0.2) is 0 Å². The molecule has 0 spiro atoms. The van der Waals surface area contributed by atoms with E-state index in [9.17, 15) is 4.79 Å². The fraction of sp³-hybridized carbons (Fsp3) is 0.357. The standard InChI is InChI=1S/C14H18N2O/c1-14(2,7-8-15)13(17)11-9-16-12-6-4-3-5-10(11)12/h3-6,9,16H,7-8,15H2,1-2H3. The highest BCUT2D eigenvalue weighted by atomic mass is 16.1. The van der Waals surface area contributed by atoms with Crippen LogP contribution in [-0.2, 0) is 0 Å². The van der Waals surface area contributed by atoms with Gasteiger partial charge in [0, 0.05) is 28.1 Å². The molecule has 3 nitrogen and oxygen atoms in total. The highest BCUT2D eigenvalue weighted by Gasteiger charge is 2.29. The third kappa shape index (κ3) is 2.11. The molecule has 1 heterocycles. The van der Waals surface area contributed by atoms with E-state index < -0.39 is 5.41 Å². The summed E-state index contributed by atoms with van der Waals surface area (Å²) in [4.78, 5) is 15.6. The van der Waals surface area contributed by atoms with Crippen LogP contribution in [0.15, 0.2) is 30.5 Å². The van der Waals surface area contributed by atoms with Gasteiger partial charge in [-0.2, -0.15) is 0 Å². The number of benzene rings is 1. The van der Waals surface area contributed by atoms with Gasteiger partial charge in [0.15, 0.2) is 5.78 Å². The normalized spacial score (nSPS) is 11.9. The highest BCUT2D eigenvalue weighted by Crippen LogP contribution is 2.29. The average molecular weight is 230 g/mol. The maximum atomic E-state index is 12.5. The third-order valence-corrected chi connectivity index (χ3v) is 3.22. The van der Waals surface area contributed by atoms with Crippen LogP contribution in [0.2, 0.25) is 0 Å². The molecule has 0 bridgehead atoms. The minimum atomic E-state index is -0.403. The molecule has 0 aliphatic heterocycles. The van der Waals surface area contributed by atoms with Gasteiger partial charge in [0.2, 0.25) is 0 Å². The molecule has 0 fully saturated rings. The Morgan fingerprint density at radius 3 is 2.76 bits per heavy atom. The molecular formula is C14H18N2O. The van der Waals surface area contributed by atoms with Crippen molar-refractivity contribution in [2.45, 2.75) is 20.3 Å². The number of nitrogens with one attached hydrogen (secondary N) is 1. The Hall–Kier alpha value is -1.61. The lowest BCUT2D eigenvalue weighted by atomic mass is 9.81. The zero-order valence-electron chi connectivity index (χ0n) is 10.3. The van der Waals surface area contributed by atoms with Gasteiger partial charge in [-0.3, -0.25) is 4.79 Å². The van der Waals surface area contributed by atoms with E-state index in [4.69, 9.17) is 5.73 Å². The maximum absolute atomic E-state index is 12.5. The number of hydrogen-bond acceptors (Lipinski definition) is 2. The Morgan fingerprint density at radius 2 is 2.06 bits per heavy atom. The van der Waals surface area contributed by atoms with Gasteiger partial charge in [-0.15, -0.1) is 0 Å². The first-order valence-electron chi connectivity index (χ1n) is 5.87. The van der Waals surface area contributed by atoms with Crippen molar-refractivity contribution >= 4 is 16.7 Å². The molecule has 0 atom stereocenters. The van der Waals surface area contributed by atoms with Crippen LogP contribution in [0.25, 0.3) is 10.9 Å². The number of aromatic nitrogens is 1. The summed E-state index contributed by atoms with van der Waals surface area (Å²) in [6.07, 6.45) is 2.50. The number of para-hydroxylation sites is 1. The van der Waals surface area contributed by atoms with E-state index in [1.54, 1.807) is 6.20 Å². The molecule has 1 aromatic carbocycles. The first kappa shape index (κ1) is 11.9. The number of aromatic amines is 1. The molecule has 0 aliphatic carbocycles. The van der Waals surface area contributed by atoms with Crippen molar-refractivity contribution in [2.75, 3.05) is 6.54 Å². The summed E-state index contributed by atoms with van der Waals surface area (Å²) in [6.45, 7) is 4.43. The van der Waals surface area contributed by atoms with Crippen LogP contribution in [0.3, 0.4) is 0 Å². The molecule has 0 amide bonds. The fourth-order valence-corrected chi connectivity index (χ4v) is 2.10. The Morgan fingerprint density at radius 1 is 1.35 bits per heavy atom. The lowest BCUT2D eigenvalue weighted by molar-refractivity contribution is 0.0831. The third-order valence-electron chi connectivity index (χ3n) is 3.22. The van der Waals surface area contributed by atoms with Crippen molar-refractivity contribution < 1.29 is 4.79 Å². The van der Waals surface area contributed by atoms with Crippen molar-refractivity contribution in [1.29, 1.82) is 0 Å². The fourth-order valence-electron chi connectivity index (χ4n) is 2.10. The predicted octanol–water partition coefficient (Wildman–Crippen LogP) is 2.73. The molecule has 90 valence electrons. The summed E-state index contributed by atoms with van der Waals surface area (Å²) in [5.41, 5.74) is 6.92. The number of ketones is 1. The minimum absolute atomic E-state index is 0.153. The Kier molecular flexibility index (Phi) is 3.03. The smallest absolute Gasteiger partial charge is 0.170 e. The second-order valence-corrected chi connectivity index (χ2v) is 5.00. The monoisotopic (exact) mass is 230 g/mol. The SMILES string of the molecule is CC(C)(CCN)C(=O)c1c[nH]c2ccccc12. The number of H-pyrrole nitrogens is 1. The molecule has 17 heavy (non-hydrogen) atoms. The number of nitrogens with two attached hydrogens (primary N) is 1. The molecule has 0 aliphatic rings. The number of rotatable bonds is 4.